The van der Waals surface area contributed by atoms with Crippen molar-refractivity contribution in [1.29, 1.82) is 0 Å². The Hall–Kier alpha value is -1.72. The van der Waals surface area contributed by atoms with E-state index in [2.05, 4.69) is 29.6 Å². The van der Waals surface area contributed by atoms with Crippen LogP contribution in [0, 0.1) is 12.3 Å². The molecule has 2 amide bonds. The zero-order chi connectivity index (χ0) is 14.9. The van der Waals surface area contributed by atoms with Crippen molar-refractivity contribution in [2.45, 2.75) is 46.1 Å². The van der Waals surface area contributed by atoms with Crippen molar-refractivity contribution < 1.29 is 9.53 Å². The smallest absolute Gasteiger partial charge is 0.319 e. The number of carbonyl (C=O) groups excluding carboxylic acids is 1. The lowest BCUT2D eigenvalue weighted by Gasteiger charge is -2.27. The lowest BCUT2D eigenvalue weighted by molar-refractivity contribution is 0.233. The predicted molar refractivity (Wildman–Crippen MR) is 78.1 cm³/mol. The summed E-state index contributed by atoms with van der Waals surface area (Å²) in [6.45, 7) is 6.24. The Morgan fingerprint density at radius 3 is 2.75 bits per heavy atom. The molecule has 0 aromatic carbocycles. The van der Waals surface area contributed by atoms with Crippen molar-refractivity contribution in [3.05, 3.63) is 5.69 Å². The van der Waals surface area contributed by atoms with Gasteiger partial charge in [-0.25, -0.2) is 9.48 Å². The molecule has 0 spiro atoms. The van der Waals surface area contributed by atoms with E-state index >= 15 is 0 Å². The van der Waals surface area contributed by atoms with Crippen molar-refractivity contribution in [3.8, 4) is 5.88 Å². The number of urea groups is 1. The Bertz CT molecular complexity index is 508. The molecule has 20 heavy (non-hydrogen) atoms. The van der Waals surface area contributed by atoms with Crippen molar-refractivity contribution >= 4 is 11.7 Å². The second-order valence-corrected chi connectivity index (χ2v) is 6.13. The highest BCUT2D eigenvalue weighted by atomic mass is 16.5. The molecule has 0 aliphatic heterocycles. The van der Waals surface area contributed by atoms with Crippen molar-refractivity contribution in [1.82, 2.24) is 15.1 Å². The molecule has 6 heteroatoms. The maximum Gasteiger partial charge on any atom is 0.319 e. The summed E-state index contributed by atoms with van der Waals surface area (Å²) in [7, 11) is 3.36. The van der Waals surface area contributed by atoms with Gasteiger partial charge in [-0.3, -0.25) is 0 Å². The van der Waals surface area contributed by atoms with Crippen LogP contribution in [0.25, 0.3) is 0 Å². The second kappa shape index (κ2) is 5.34. The summed E-state index contributed by atoms with van der Waals surface area (Å²) >= 11 is 0. The normalized spacial score (nSPS) is 20.8. The second-order valence-electron chi connectivity index (χ2n) is 6.13. The van der Waals surface area contributed by atoms with E-state index in [1.807, 2.05) is 6.92 Å². The molecule has 2 rings (SSSR count). The number of nitrogens with zero attached hydrogens (tertiary/aromatic N) is 2. The van der Waals surface area contributed by atoms with Gasteiger partial charge in [0.05, 0.1) is 12.8 Å². The molecule has 1 aliphatic carbocycles. The van der Waals surface area contributed by atoms with E-state index in [-0.39, 0.29) is 17.5 Å². The van der Waals surface area contributed by atoms with Crippen LogP contribution in [0.15, 0.2) is 0 Å². The minimum absolute atomic E-state index is 0.158. The first-order valence-electron chi connectivity index (χ1n) is 7.00. The van der Waals surface area contributed by atoms with Crippen LogP contribution in [0.4, 0.5) is 10.5 Å². The largest absolute Gasteiger partial charge is 0.480 e. The van der Waals surface area contributed by atoms with Crippen LogP contribution in [0.5, 0.6) is 5.88 Å². The lowest BCUT2D eigenvalue weighted by Crippen LogP contribution is -2.43. The molecule has 1 aliphatic rings. The molecule has 0 radical (unpaired) electrons. The number of aryl methyl sites for hydroxylation is 2. The zero-order valence-corrected chi connectivity index (χ0v) is 12.9. The summed E-state index contributed by atoms with van der Waals surface area (Å²) in [5.74, 6) is 0.559. The number of hydrogen-bond donors (Lipinski definition) is 2. The molecular formula is C14H24N4O2. The number of amides is 2. The number of aromatic nitrogens is 2. The van der Waals surface area contributed by atoms with Gasteiger partial charge in [0.1, 0.15) is 5.69 Å². The first-order chi connectivity index (χ1) is 9.35. The van der Waals surface area contributed by atoms with Crippen LogP contribution in [0.2, 0.25) is 0 Å². The summed E-state index contributed by atoms with van der Waals surface area (Å²) < 4.78 is 6.88. The van der Waals surface area contributed by atoms with Crippen LogP contribution < -0.4 is 15.4 Å². The lowest BCUT2D eigenvalue weighted by atomic mass is 9.87. The first kappa shape index (κ1) is 14.7. The van der Waals surface area contributed by atoms with Crippen LogP contribution in [0.1, 0.15) is 38.8 Å². The van der Waals surface area contributed by atoms with Crippen LogP contribution in [-0.4, -0.2) is 29.0 Å². The summed E-state index contributed by atoms with van der Waals surface area (Å²) in [5, 5.41) is 10.2. The highest BCUT2D eigenvalue weighted by Crippen LogP contribution is 2.37. The van der Waals surface area contributed by atoms with Crippen molar-refractivity contribution in [2.75, 3.05) is 12.4 Å². The molecule has 0 bridgehead atoms. The van der Waals surface area contributed by atoms with Gasteiger partial charge in [-0.15, -0.1) is 0 Å². The maximum absolute atomic E-state index is 12.2. The van der Waals surface area contributed by atoms with Gasteiger partial charge in [-0.2, -0.15) is 5.10 Å². The van der Waals surface area contributed by atoms with Crippen LogP contribution in [-0.2, 0) is 7.05 Å². The summed E-state index contributed by atoms with van der Waals surface area (Å²) in [6, 6.07) is 0.0184. The third-order valence-electron chi connectivity index (χ3n) is 4.16. The molecule has 112 valence electrons. The Labute approximate surface area is 119 Å². The zero-order valence-electron chi connectivity index (χ0n) is 12.9. The maximum atomic E-state index is 12.2. The van der Waals surface area contributed by atoms with E-state index in [4.69, 9.17) is 4.74 Å². The van der Waals surface area contributed by atoms with Gasteiger partial charge in [0.15, 0.2) is 0 Å². The van der Waals surface area contributed by atoms with E-state index in [9.17, 15) is 4.79 Å². The third-order valence-corrected chi connectivity index (χ3v) is 4.16. The monoisotopic (exact) mass is 280 g/mol. The minimum atomic E-state index is -0.195. The average molecular weight is 280 g/mol. The van der Waals surface area contributed by atoms with Crippen molar-refractivity contribution in [2.24, 2.45) is 12.5 Å². The summed E-state index contributed by atoms with van der Waals surface area (Å²) in [5.41, 5.74) is 1.53. The molecule has 0 unspecified atom stereocenters. The number of methoxy groups -OCH3 is 1. The van der Waals surface area contributed by atoms with Gasteiger partial charge < -0.3 is 15.4 Å². The molecule has 1 saturated carbocycles. The molecule has 1 atom stereocenters. The van der Waals surface area contributed by atoms with Gasteiger partial charge >= 0.3 is 6.03 Å². The third kappa shape index (κ3) is 2.73. The Morgan fingerprint density at radius 1 is 1.50 bits per heavy atom. The summed E-state index contributed by atoms with van der Waals surface area (Å²) in [6.07, 6.45) is 3.34. The Balaban J connectivity index is 2.05. The van der Waals surface area contributed by atoms with Gasteiger partial charge in [-0.1, -0.05) is 20.3 Å². The van der Waals surface area contributed by atoms with E-state index in [0.717, 1.165) is 25.0 Å². The predicted octanol–water partition coefficient (Wildman–Crippen LogP) is 2.44. The summed E-state index contributed by atoms with van der Waals surface area (Å²) in [4.78, 5) is 12.2. The van der Waals surface area contributed by atoms with E-state index < -0.39 is 0 Å². The molecular weight excluding hydrogens is 256 g/mol. The molecule has 1 aromatic rings. The van der Waals surface area contributed by atoms with Crippen molar-refractivity contribution in [3.63, 3.8) is 0 Å². The molecule has 0 saturated heterocycles. The molecule has 6 nitrogen and oxygen atoms in total. The van der Waals surface area contributed by atoms with Gasteiger partial charge in [-0.05, 0) is 25.2 Å². The molecule has 2 N–H and O–H groups in total. The number of carbonyl (C=O) groups is 1. The van der Waals surface area contributed by atoms with Gasteiger partial charge in [0, 0.05) is 13.1 Å². The number of anilines is 1. The van der Waals surface area contributed by atoms with Crippen LogP contribution >= 0.6 is 0 Å². The fourth-order valence-electron chi connectivity index (χ4n) is 2.92. The topological polar surface area (TPSA) is 68.2 Å². The van der Waals surface area contributed by atoms with E-state index in [1.54, 1.807) is 18.8 Å². The number of nitrogens with one attached hydrogen (secondary N) is 2. The average Bonchev–Trinajstić information content (AvgIpc) is 2.80. The number of ether oxygens (including phenoxy) is 1. The number of rotatable bonds is 3. The minimum Gasteiger partial charge on any atom is -0.480 e. The fourth-order valence-corrected chi connectivity index (χ4v) is 2.92. The standard InChI is InChI=1S/C14H24N4O2/c1-9-11(12(20-5)18(4)17-9)16-13(19)15-10-7-6-8-14(10,2)3/h10H,6-8H2,1-5H3,(H2,15,16,19)/t10-/m1/s1. The fraction of sp³-hybridized carbons (Fsp3) is 0.714. The highest BCUT2D eigenvalue weighted by molar-refractivity contribution is 5.91. The Morgan fingerprint density at radius 2 is 2.20 bits per heavy atom. The first-order valence-corrected chi connectivity index (χ1v) is 7.00. The Kier molecular flexibility index (Phi) is 3.92. The van der Waals surface area contributed by atoms with Gasteiger partial charge in [0.2, 0.25) is 5.88 Å². The van der Waals surface area contributed by atoms with Gasteiger partial charge in [0.25, 0.3) is 0 Å². The highest BCUT2D eigenvalue weighted by Gasteiger charge is 2.35. The number of hydrogen-bond acceptors (Lipinski definition) is 3. The van der Waals surface area contributed by atoms with Crippen LogP contribution in [0.3, 0.4) is 0 Å². The van der Waals surface area contributed by atoms with E-state index in [0.29, 0.717) is 11.6 Å². The molecule has 1 aromatic heterocycles. The molecule has 1 fully saturated rings. The molecule has 1 heterocycles. The SMILES string of the molecule is COc1c(NC(=O)N[C@@H]2CCCC2(C)C)c(C)nn1C. The van der Waals surface area contributed by atoms with E-state index in [1.165, 1.54) is 0 Å². The quantitative estimate of drug-likeness (QED) is 0.893.